The van der Waals surface area contributed by atoms with Crippen molar-refractivity contribution in [3.05, 3.63) is 0 Å². The normalized spacial score (nSPS) is 8.75. The Hall–Kier alpha value is 3.85. The van der Waals surface area contributed by atoms with Crippen molar-refractivity contribution in [3.63, 3.8) is 0 Å². The molecule has 8 heteroatoms. The van der Waals surface area contributed by atoms with Gasteiger partial charge in [0.2, 0.25) is 0 Å². The third-order valence-corrected chi connectivity index (χ3v) is 2.14. The van der Waals surface area contributed by atoms with E-state index < -0.39 is 7.82 Å². The van der Waals surface area contributed by atoms with Crippen LogP contribution in [0.15, 0.2) is 0 Å². The average molecular weight is 305 g/mol. The van der Waals surface area contributed by atoms with Gasteiger partial charge in [0.15, 0.2) is 0 Å². The third kappa shape index (κ3) is 16.4. The van der Waals surface area contributed by atoms with E-state index >= 15 is 0 Å². The van der Waals surface area contributed by atoms with E-state index in [0.29, 0.717) is 0 Å². The SMILES string of the molecule is O=P(O)(O)[O][AlH2].[BaH2].[KH]. The van der Waals surface area contributed by atoms with Gasteiger partial charge in [-0.15, -0.1) is 0 Å². The zero-order chi connectivity index (χ0) is 5.21. The minimum absolute atomic E-state index is 0. The molecule has 0 unspecified atom stereocenters. The van der Waals surface area contributed by atoms with Crippen LogP contribution in [0.3, 0.4) is 0 Å². The molecule has 0 aromatic heterocycles. The third-order valence-electron chi connectivity index (χ3n) is 0.238. The molecule has 0 fully saturated rings. The molecule has 0 amide bonds. The molecule has 0 aromatic carbocycles. The molecule has 2 N–H and O–H groups in total. The first-order valence-electron chi connectivity index (χ1n) is 1.17. The zero-order valence-electron chi connectivity index (χ0n) is 3.16. The molecule has 0 radical (unpaired) electrons. The van der Waals surface area contributed by atoms with Crippen molar-refractivity contribution in [2.75, 3.05) is 0 Å². The van der Waals surface area contributed by atoms with Gasteiger partial charge in [-0.1, -0.05) is 0 Å². The Kier molecular flexibility index (Phi) is 19.9. The van der Waals surface area contributed by atoms with E-state index in [-0.39, 0.29) is 117 Å². The van der Waals surface area contributed by atoms with E-state index in [4.69, 9.17) is 9.79 Å². The van der Waals surface area contributed by atoms with Crippen molar-refractivity contribution >= 4 is 125 Å². The van der Waals surface area contributed by atoms with Crippen LogP contribution in [0.4, 0.5) is 0 Å². The Bertz CT molecular complexity index is 80.1. The number of hydrogen-bond donors (Lipinski definition) is 2. The quantitative estimate of drug-likeness (QED) is 0.402. The molecule has 0 saturated heterocycles. The van der Waals surface area contributed by atoms with Crippen LogP contribution < -0.4 is 0 Å². The van der Waals surface area contributed by atoms with Gasteiger partial charge in [0.25, 0.3) is 0 Å². The molecule has 8 heavy (non-hydrogen) atoms. The molecule has 0 aliphatic carbocycles. The van der Waals surface area contributed by atoms with Crippen molar-refractivity contribution in [1.82, 2.24) is 0 Å². The summed E-state index contributed by atoms with van der Waals surface area (Å²) < 4.78 is 13.2. The van der Waals surface area contributed by atoms with Crippen molar-refractivity contribution in [2.45, 2.75) is 0 Å². The van der Waals surface area contributed by atoms with Gasteiger partial charge in [0, 0.05) is 0 Å². The van der Waals surface area contributed by atoms with E-state index in [1.807, 2.05) is 0 Å². The molecule has 0 aliphatic heterocycles. The summed E-state index contributed by atoms with van der Waals surface area (Å²) in [6.45, 7) is 0. The van der Waals surface area contributed by atoms with E-state index in [2.05, 4.69) is 3.58 Å². The molecule has 0 aliphatic rings. The summed E-state index contributed by atoms with van der Waals surface area (Å²) in [7, 11) is -4.08. The fourth-order valence-electron chi connectivity index (χ4n) is 0. The monoisotopic (exact) mass is 306 g/mol. The van der Waals surface area contributed by atoms with Crippen LogP contribution in [0.25, 0.3) is 0 Å². The average Bonchev–Trinajstić information content (AvgIpc) is 1.35. The standard InChI is InChI=1S/Al.Ba.K.H3O4P.5H/c;;;1-5(2,3)4;;;;;/h;;;(H3,1,2,3,4);;;;;/q+1;;;;;;;;/p-1. The Balaban J connectivity index is -0.000000125. The van der Waals surface area contributed by atoms with E-state index in [1.54, 1.807) is 0 Å². The van der Waals surface area contributed by atoms with Gasteiger partial charge in [-0.05, 0) is 0 Å². The number of phosphoric acid groups is 1. The minimum atomic E-state index is -4.08. The number of hydrogen-bond acceptors (Lipinski definition) is 2. The Labute approximate surface area is 139 Å². The fourth-order valence-corrected chi connectivity index (χ4v) is 0. The molecule has 4 nitrogen and oxygen atoms in total. The van der Waals surface area contributed by atoms with Crippen molar-refractivity contribution < 1.29 is 17.9 Å². The van der Waals surface area contributed by atoms with E-state index in [1.165, 1.54) is 0 Å². The van der Waals surface area contributed by atoms with Gasteiger partial charge in [0.05, 0.1) is 0 Å². The van der Waals surface area contributed by atoms with Crippen LogP contribution in [0, 0.1) is 0 Å². The van der Waals surface area contributed by atoms with Gasteiger partial charge in [-0.3, -0.25) is 0 Å². The first kappa shape index (κ1) is 17.8. The molecule has 0 spiro atoms. The maximum absolute atomic E-state index is 9.51. The summed E-state index contributed by atoms with van der Waals surface area (Å²) >= 11 is 0.0849. The van der Waals surface area contributed by atoms with Crippen molar-refractivity contribution in [2.24, 2.45) is 0 Å². The second kappa shape index (κ2) is 8.94. The molecular weight excluding hydrogens is 298 g/mol. The molecule has 0 rings (SSSR count). The first-order valence-corrected chi connectivity index (χ1v) is 3.52. The van der Waals surface area contributed by atoms with Gasteiger partial charge in [-0.25, -0.2) is 4.57 Å². The summed E-state index contributed by atoms with van der Waals surface area (Å²) in [5, 5.41) is 0. The first-order chi connectivity index (χ1) is 2.56. The molecule has 0 bridgehead atoms. The number of rotatable bonds is 1. The Morgan fingerprint density at radius 2 is 1.62 bits per heavy atom. The second-order valence-corrected chi connectivity index (χ2v) is 3.11. The summed E-state index contributed by atoms with van der Waals surface area (Å²) in [5.74, 6) is 0. The molecule has 0 atom stereocenters. The zero-order valence-corrected chi connectivity index (χ0v) is 6.05. The summed E-state index contributed by atoms with van der Waals surface area (Å²) in [4.78, 5) is 15.5. The van der Waals surface area contributed by atoms with E-state index in [9.17, 15) is 4.57 Å². The van der Waals surface area contributed by atoms with Gasteiger partial charge in [0.1, 0.15) is 0 Å². The molecule has 42 valence electrons. The Morgan fingerprint density at radius 1 is 1.50 bits per heavy atom. The van der Waals surface area contributed by atoms with Gasteiger partial charge < -0.3 is 13.4 Å². The molecule has 0 heterocycles. The van der Waals surface area contributed by atoms with Crippen molar-refractivity contribution in [3.8, 4) is 0 Å². The predicted molar refractivity (Wildman–Crippen MR) is 37.4 cm³/mol. The van der Waals surface area contributed by atoms with Gasteiger partial charge >= 0.3 is 125 Å². The molecule has 0 saturated carbocycles. The van der Waals surface area contributed by atoms with Crippen LogP contribution in [-0.4, -0.2) is 127 Å². The maximum atomic E-state index is 9.51. The van der Waals surface area contributed by atoms with Crippen LogP contribution in [0.1, 0.15) is 0 Å². The second-order valence-electron chi connectivity index (χ2n) is 0.673. The Morgan fingerprint density at radius 3 is 1.62 bits per heavy atom. The predicted octanol–water partition coefficient (Wildman–Crippen LogP) is -2.92. The van der Waals surface area contributed by atoms with Crippen LogP contribution in [-0.2, 0) is 8.14 Å². The summed E-state index contributed by atoms with van der Waals surface area (Å²) in [6, 6.07) is 0. The summed E-state index contributed by atoms with van der Waals surface area (Å²) in [6.07, 6.45) is 0. The van der Waals surface area contributed by atoms with Crippen molar-refractivity contribution in [1.29, 1.82) is 0 Å². The van der Waals surface area contributed by atoms with Crippen LogP contribution in [0.2, 0.25) is 0 Å². The summed E-state index contributed by atoms with van der Waals surface area (Å²) in [5.41, 5.74) is 0. The topological polar surface area (TPSA) is 66.8 Å². The van der Waals surface area contributed by atoms with E-state index in [0.717, 1.165) is 0 Å². The van der Waals surface area contributed by atoms with Crippen LogP contribution in [0.5, 0.6) is 0 Å². The van der Waals surface area contributed by atoms with Gasteiger partial charge in [-0.2, -0.15) is 0 Å². The molecule has 0 aromatic rings. The molecular formula is H7AlBaKO4P. The fraction of sp³-hybridized carbons (Fsp3) is 0. The van der Waals surface area contributed by atoms with Crippen LogP contribution >= 0.6 is 7.82 Å².